The number of halogens is 2. The Kier molecular flexibility index (Phi) is 3.75. The SMILES string of the molecule is CNc1[nH]c(-c2ccc(F)c(F)c2)c(O)c(=O)c1C(C)=N. The molecule has 0 bridgehead atoms. The van der Waals surface area contributed by atoms with Gasteiger partial charge in [0.2, 0.25) is 5.43 Å². The first kappa shape index (κ1) is 14.7. The highest BCUT2D eigenvalue weighted by Gasteiger charge is 2.19. The van der Waals surface area contributed by atoms with Crippen LogP contribution < -0.4 is 10.7 Å². The Hall–Kier alpha value is -2.70. The van der Waals surface area contributed by atoms with Gasteiger partial charge in [-0.1, -0.05) is 0 Å². The molecule has 0 fully saturated rings. The third kappa shape index (κ3) is 2.49. The summed E-state index contributed by atoms with van der Waals surface area (Å²) in [5.74, 6) is -2.56. The maximum Gasteiger partial charge on any atom is 0.234 e. The number of nitrogens with one attached hydrogen (secondary N) is 3. The van der Waals surface area contributed by atoms with Crippen LogP contribution in [0.4, 0.5) is 14.6 Å². The number of hydrogen-bond acceptors (Lipinski definition) is 4. The zero-order valence-corrected chi connectivity index (χ0v) is 11.3. The summed E-state index contributed by atoms with van der Waals surface area (Å²) in [7, 11) is 1.53. The lowest BCUT2D eigenvalue weighted by Gasteiger charge is -2.12. The number of H-pyrrole nitrogens is 1. The van der Waals surface area contributed by atoms with Gasteiger partial charge in [0, 0.05) is 18.3 Å². The molecule has 1 aromatic heterocycles. The van der Waals surface area contributed by atoms with Gasteiger partial charge < -0.3 is 20.8 Å². The molecule has 2 aromatic rings. The van der Waals surface area contributed by atoms with Crippen molar-refractivity contribution in [1.82, 2.24) is 4.98 Å². The van der Waals surface area contributed by atoms with Crippen molar-refractivity contribution in [1.29, 1.82) is 5.41 Å². The van der Waals surface area contributed by atoms with Crippen LogP contribution in [-0.4, -0.2) is 22.8 Å². The van der Waals surface area contributed by atoms with Gasteiger partial charge in [0.25, 0.3) is 0 Å². The fraction of sp³-hybridized carbons (Fsp3) is 0.143. The van der Waals surface area contributed by atoms with Crippen molar-refractivity contribution in [3.05, 3.63) is 45.6 Å². The Bertz CT molecular complexity index is 785. The van der Waals surface area contributed by atoms with Gasteiger partial charge >= 0.3 is 0 Å². The Balaban J connectivity index is 2.76. The Morgan fingerprint density at radius 1 is 1.33 bits per heavy atom. The topological polar surface area (TPSA) is 89.0 Å². The smallest absolute Gasteiger partial charge is 0.234 e. The van der Waals surface area contributed by atoms with Gasteiger partial charge in [-0.25, -0.2) is 8.78 Å². The molecule has 0 amide bonds. The summed E-state index contributed by atoms with van der Waals surface area (Å²) in [5.41, 5.74) is -0.734. The summed E-state index contributed by atoms with van der Waals surface area (Å²) in [6, 6.07) is 3.01. The maximum absolute atomic E-state index is 13.3. The average Bonchev–Trinajstić information content (AvgIpc) is 2.44. The zero-order valence-electron chi connectivity index (χ0n) is 11.3. The molecule has 0 aliphatic heterocycles. The highest BCUT2D eigenvalue weighted by atomic mass is 19.2. The molecule has 0 saturated carbocycles. The minimum atomic E-state index is -1.09. The Morgan fingerprint density at radius 2 is 2.00 bits per heavy atom. The molecule has 0 spiro atoms. The van der Waals surface area contributed by atoms with E-state index in [9.17, 15) is 18.7 Å². The first-order chi connectivity index (χ1) is 9.86. The van der Waals surface area contributed by atoms with Gasteiger partial charge in [-0.05, 0) is 25.1 Å². The molecule has 7 heteroatoms. The van der Waals surface area contributed by atoms with E-state index in [4.69, 9.17) is 5.41 Å². The molecule has 5 nitrogen and oxygen atoms in total. The molecule has 0 radical (unpaired) electrons. The van der Waals surface area contributed by atoms with Crippen molar-refractivity contribution in [2.45, 2.75) is 6.92 Å². The van der Waals surface area contributed by atoms with Crippen molar-refractivity contribution >= 4 is 11.5 Å². The molecular formula is C14H13F2N3O2. The van der Waals surface area contributed by atoms with Gasteiger partial charge in [-0.3, -0.25) is 4.79 Å². The second-order valence-corrected chi connectivity index (χ2v) is 4.43. The van der Waals surface area contributed by atoms with E-state index in [1.165, 1.54) is 20.0 Å². The van der Waals surface area contributed by atoms with E-state index < -0.39 is 22.8 Å². The van der Waals surface area contributed by atoms with E-state index in [-0.39, 0.29) is 28.4 Å². The number of pyridine rings is 1. The van der Waals surface area contributed by atoms with Crippen LogP contribution in [0.5, 0.6) is 5.75 Å². The number of rotatable bonds is 3. The van der Waals surface area contributed by atoms with Gasteiger partial charge in [0.1, 0.15) is 5.82 Å². The van der Waals surface area contributed by atoms with Crippen molar-refractivity contribution in [3.63, 3.8) is 0 Å². The van der Waals surface area contributed by atoms with Crippen LogP contribution in [0.25, 0.3) is 11.3 Å². The molecule has 0 atom stereocenters. The third-order valence-corrected chi connectivity index (χ3v) is 3.01. The predicted octanol–water partition coefficient (Wildman–Crippen LogP) is 2.46. The standard InChI is InChI=1S/C14H13F2N3O2/c1-6(17)10-12(20)13(21)11(19-14(10)18-2)7-3-4-8(15)9(16)5-7/h3-5,17,21H,1-2H3,(H2,18,19,20). The van der Waals surface area contributed by atoms with E-state index in [0.717, 1.165) is 12.1 Å². The van der Waals surface area contributed by atoms with Crippen molar-refractivity contribution in [2.24, 2.45) is 0 Å². The van der Waals surface area contributed by atoms with Gasteiger partial charge in [-0.2, -0.15) is 0 Å². The quantitative estimate of drug-likeness (QED) is 0.655. The molecule has 4 N–H and O–H groups in total. The van der Waals surface area contributed by atoms with Crippen LogP contribution in [0.1, 0.15) is 12.5 Å². The van der Waals surface area contributed by atoms with E-state index in [0.29, 0.717) is 0 Å². The second kappa shape index (κ2) is 5.35. The third-order valence-electron chi connectivity index (χ3n) is 3.01. The fourth-order valence-corrected chi connectivity index (χ4v) is 2.00. The molecule has 1 heterocycles. The summed E-state index contributed by atoms with van der Waals surface area (Å²) in [6.07, 6.45) is 0. The first-order valence-electron chi connectivity index (χ1n) is 6.04. The number of aromatic hydroxyl groups is 1. The van der Waals surface area contributed by atoms with Crippen molar-refractivity contribution in [2.75, 3.05) is 12.4 Å². The van der Waals surface area contributed by atoms with Gasteiger partial charge in [-0.15, -0.1) is 0 Å². The normalized spacial score (nSPS) is 10.5. The lowest BCUT2D eigenvalue weighted by Crippen LogP contribution is -2.18. The van der Waals surface area contributed by atoms with Crippen molar-refractivity contribution < 1.29 is 13.9 Å². The minimum absolute atomic E-state index is 0.0127. The van der Waals surface area contributed by atoms with Crippen LogP contribution in [0.2, 0.25) is 0 Å². The highest BCUT2D eigenvalue weighted by Crippen LogP contribution is 2.28. The number of hydrogen-bond donors (Lipinski definition) is 4. The summed E-state index contributed by atoms with van der Waals surface area (Å²) in [4.78, 5) is 14.8. The zero-order chi connectivity index (χ0) is 15.7. The molecular weight excluding hydrogens is 280 g/mol. The van der Waals surface area contributed by atoms with E-state index in [2.05, 4.69) is 10.3 Å². The molecule has 0 saturated heterocycles. The largest absolute Gasteiger partial charge is 0.503 e. The fourth-order valence-electron chi connectivity index (χ4n) is 2.00. The van der Waals surface area contributed by atoms with Crippen LogP contribution >= 0.6 is 0 Å². The average molecular weight is 293 g/mol. The van der Waals surface area contributed by atoms with Crippen LogP contribution in [0, 0.1) is 17.0 Å². The number of aromatic nitrogens is 1. The molecule has 110 valence electrons. The molecule has 0 aliphatic rings. The minimum Gasteiger partial charge on any atom is -0.503 e. The lowest BCUT2D eigenvalue weighted by molar-refractivity contribution is 0.469. The monoisotopic (exact) mass is 293 g/mol. The van der Waals surface area contributed by atoms with Crippen LogP contribution in [0.15, 0.2) is 23.0 Å². The second-order valence-electron chi connectivity index (χ2n) is 4.43. The number of anilines is 1. The van der Waals surface area contributed by atoms with E-state index in [1.54, 1.807) is 0 Å². The summed E-state index contributed by atoms with van der Waals surface area (Å²) >= 11 is 0. The number of aromatic amines is 1. The molecule has 0 aliphatic carbocycles. The molecule has 0 unspecified atom stereocenters. The van der Waals surface area contributed by atoms with E-state index >= 15 is 0 Å². The first-order valence-corrected chi connectivity index (χ1v) is 6.04. The Morgan fingerprint density at radius 3 is 2.52 bits per heavy atom. The van der Waals surface area contributed by atoms with Gasteiger partial charge in [0.15, 0.2) is 17.4 Å². The Labute approximate surface area is 118 Å². The maximum atomic E-state index is 13.3. The van der Waals surface area contributed by atoms with Gasteiger partial charge in [0.05, 0.1) is 11.3 Å². The van der Waals surface area contributed by atoms with Crippen molar-refractivity contribution in [3.8, 4) is 17.0 Å². The van der Waals surface area contributed by atoms with E-state index in [1.807, 2.05) is 0 Å². The number of benzene rings is 1. The predicted molar refractivity (Wildman–Crippen MR) is 76.1 cm³/mol. The summed E-state index contributed by atoms with van der Waals surface area (Å²) in [6.45, 7) is 1.40. The molecule has 1 aromatic carbocycles. The van der Waals surface area contributed by atoms with Crippen LogP contribution in [-0.2, 0) is 0 Å². The lowest BCUT2D eigenvalue weighted by atomic mass is 10.1. The van der Waals surface area contributed by atoms with Crippen LogP contribution in [0.3, 0.4) is 0 Å². The summed E-state index contributed by atoms with van der Waals surface area (Å²) < 4.78 is 26.2. The highest BCUT2D eigenvalue weighted by molar-refractivity contribution is 6.01. The molecule has 2 rings (SSSR count). The summed E-state index contributed by atoms with van der Waals surface area (Å²) in [5, 5.41) is 20.3. The molecule has 21 heavy (non-hydrogen) atoms.